The van der Waals surface area contributed by atoms with E-state index in [4.69, 9.17) is 16.2 Å². The molecule has 0 aliphatic rings. The lowest BCUT2D eigenvalue weighted by molar-refractivity contribution is 0.0950. The summed E-state index contributed by atoms with van der Waals surface area (Å²) in [6, 6.07) is 8.23. The molecule has 1 amide bonds. The molecular weight excluding hydrogens is 256 g/mol. The smallest absolute Gasteiger partial charge is 0.270 e. The van der Waals surface area contributed by atoms with Crippen molar-refractivity contribution in [2.75, 3.05) is 18.0 Å². The average molecular weight is 272 g/mol. The summed E-state index contributed by atoms with van der Waals surface area (Å²) in [5, 5.41) is 2.68. The lowest BCUT2D eigenvalue weighted by Gasteiger charge is -2.08. The largest absolute Gasteiger partial charge is 0.457 e. The number of carbonyl (C=O) groups is 1. The quantitative estimate of drug-likeness (QED) is 0.736. The predicted octanol–water partition coefficient (Wildman–Crippen LogP) is 1.79. The second-order valence-corrected chi connectivity index (χ2v) is 4.13. The summed E-state index contributed by atoms with van der Waals surface area (Å²) in [5.74, 6) is 0.810. The summed E-state index contributed by atoms with van der Waals surface area (Å²) in [7, 11) is 0. The summed E-state index contributed by atoms with van der Waals surface area (Å²) in [5.41, 5.74) is 12.6. The van der Waals surface area contributed by atoms with Crippen LogP contribution in [0.5, 0.6) is 11.5 Å². The van der Waals surface area contributed by atoms with Crippen LogP contribution in [0.3, 0.4) is 0 Å². The van der Waals surface area contributed by atoms with Gasteiger partial charge in [0, 0.05) is 24.9 Å². The van der Waals surface area contributed by atoms with E-state index in [9.17, 15) is 4.79 Å². The number of nitrogen functional groups attached to an aromatic ring is 2. The van der Waals surface area contributed by atoms with Gasteiger partial charge in [-0.25, -0.2) is 0 Å². The Morgan fingerprint density at radius 3 is 2.65 bits per heavy atom. The van der Waals surface area contributed by atoms with Gasteiger partial charge in [0.15, 0.2) is 0 Å². The molecular formula is C14H16N4O2. The fourth-order valence-electron chi connectivity index (χ4n) is 1.60. The highest BCUT2D eigenvalue weighted by molar-refractivity contribution is 5.92. The maximum Gasteiger partial charge on any atom is 0.270 e. The number of amides is 1. The third-order valence-electron chi connectivity index (χ3n) is 2.60. The molecule has 0 fully saturated rings. The van der Waals surface area contributed by atoms with E-state index in [2.05, 4.69) is 10.3 Å². The molecule has 0 saturated carbocycles. The van der Waals surface area contributed by atoms with E-state index < -0.39 is 0 Å². The fraction of sp³-hybridized carbons (Fsp3) is 0.143. The molecule has 6 heteroatoms. The SMILES string of the molecule is CCNC(=O)c1cc(Oc2ccc(N)c(N)c2)ccn1. The molecule has 1 aromatic heterocycles. The van der Waals surface area contributed by atoms with E-state index in [0.717, 1.165) is 0 Å². The first-order valence-electron chi connectivity index (χ1n) is 6.17. The molecule has 0 unspecified atom stereocenters. The van der Waals surface area contributed by atoms with E-state index >= 15 is 0 Å². The lowest BCUT2D eigenvalue weighted by atomic mass is 10.2. The minimum Gasteiger partial charge on any atom is -0.457 e. The topological polar surface area (TPSA) is 103 Å². The zero-order chi connectivity index (χ0) is 14.5. The van der Waals surface area contributed by atoms with Gasteiger partial charge in [-0.3, -0.25) is 9.78 Å². The molecule has 5 N–H and O–H groups in total. The third kappa shape index (κ3) is 3.17. The fourth-order valence-corrected chi connectivity index (χ4v) is 1.60. The molecule has 0 atom stereocenters. The van der Waals surface area contributed by atoms with E-state index in [0.29, 0.717) is 35.1 Å². The number of hydrogen-bond acceptors (Lipinski definition) is 5. The Morgan fingerprint density at radius 1 is 1.20 bits per heavy atom. The maximum atomic E-state index is 11.7. The number of nitrogens with one attached hydrogen (secondary N) is 1. The zero-order valence-corrected chi connectivity index (χ0v) is 11.1. The summed E-state index contributed by atoms with van der Waals surface area (Å²) in [4.78, 5) is 15.7. The molecule has 1 aromatic carbocycles. The number of nitrogens with zero attached hydrogens (tertiary/aromatic N) is 1. The molecule has 0 aliphatic carbocycles. The third-order valence-corrected chi connectivity index (χ3v) is 2.60. The van der Waals surface area contributed by atoms with Crippen molar-refractivity contribution in [3.63, 3.8) is 0 Å². The second-order valence-electron chi connectivity index (χ2n) is 4.13. The van der Waals surface area contributed by atoms with Crippen molar-refractivity contribution in [2.24, 2.45) is 0 Å². The van der Waals surface area contributed by atoms with Crippen LogP contribution in [-0.4, -0.2) is 17.4 Å². The first kappa shape index (κ1) is 13.7. The Balaban J connectivity index is 2.19. The normalized spacial score (nSPS) is 10.1. The lowest BCUT2D eigenvalue weighted by Crippen LogP contribution is -2.23. The molecule has 1 heterocycles. The van der Waals surface area contributed by atoms with Crippen LogP contribution in [0.1, 0.15) is 17.4 Å². The summed E-state index contributed by atoms with van der Waals surface area (Å²) in [6.45, 7) is 2.38. The van der Waals surface area contributed by atoms with Gasteiger partial charge in [0.1, 0.15) is 17.2 Å². The molecule has 0 bridgehead atoms. The number of pyridine rings is 1. The first-order valence-corrected chi connectivity index (χ1v) is 6.17. The summed E-state index contributed by atoms with van der Waals surface area (Å²) in [6.07, 6.45) is 1.51. The molecule has 104 valence electrons. The van der Waals surface area contributed by atoms with Gasteiger partial charge < -0.3 is 21.5 Å². The van der Waals surface area contributed by atoms with Crippen molar-refractivity contribution in [3.05, 3.63) is 42.2 Å². The monoisotopic (exact) mass is 272 g/mol. The molecule has 0 radical (unpaired) electrons. The minimum atomic E-state index is -0.241. The number of carbonyl (C=O) groups excluding carboxylic acids is 1. The van der Waals surface area contributed by atoms with Crippen molar-refractivity contribution in [1.82, 2.24) is 10.3 Å². The maximum absolute atomic E-state index is 11.7. The van der Waals surface area contributed by atoms with Crippen molar-refractivity contribution in [3.8, 4) is 11.5 Å². The molecule has 6 nitrogen and oxygen atoms in total. The highest BCUT2D eigenvalue weighted by Crippen LogP contribution is 2.26. The van der Waals surface area contributed by atoms with Crippen LogP contribution in [0, 0.1) is 0 Å². The number of ether oxygens (including phenoxy) is 1. The number of benzene rings is 1. The van der Waals surface area contributed by atoms with Gasteiger partial charge in [0.25, 0.3) is 5.91 Å². The molecule has 0 saturated heterocycles. The summed E-state index contributed by atoms with van der Waals surface area (Å²) < 4.78 is 5.63. The van der Waals surface area contributed by atoms with E-state index in [1.54, 1.807) is 30.3 Å². The predicted molar refractivity (Wildman–Crippen MR) is 77.6 cm³/mol. The van der Waals surface area contributed by atoms with Crippen LogP contribution in [0.4, 0.5) is 11.4 Å². The van der Waals surface area contributed by atoms with Crippen LogP contribution in [0.15, 0.2) is 36.5 Å². The molecule has 2 rings (SSSR count). The Morgan fingerprint density at radius 2 is 1.95 bits per heavy atom. The van der Waals surface area contributed by atoms with Crippen LogP contribution in [0.2, 0.25) is 0 Å². The number of anilines is 2. The molecule has 2 aromatic rings. The van der Waals surface area contributed by atoms with Crippen LogP contribution < -0.4 is 21.5 Å². The van der Waals surface area contributed by atoms with Gasteiger partial charge in [0.05, 0.1) is 11.4 Å². The van der Waals surface area contributed by atoms with Gasteiger partial charge in [-0.15, -0.1) is 0 Å². The number of nitrogens with two attached hydrogens (primary N) is 2. The number of hydrogen-bond donors (Lipinski definition) is 3. The highest BCUT2D eigenvalue weighted by Gasteiger charge is 2.08. The van der Waals surface area contributed by atoms with Crippen molar-refractivity contribution in [1.29, 1.82) is 0 Å². The Hall–Kier alpha value is -2.76. The summed E-state index contributed by atoms with van der Waals surface area (Å²) >= 11 is 0. The molecule has 0 aliphatic heterocycles. The number of rotatable bonds is 4. The van der Waals surface area contributed by atoms with Gasteiger partial charge in [-0.05, 0) is 25.1 Å². The van der Waals surface area contributed by atoms with Crippen LogP contribution >= 0.6 is 0 Å². The van der Waals surface area contributed by atoms with E-state index in [1.165, 1.54) is 6.20 Å². The van der Waals surface area contributed by atoms with Crippen molar-refractivity contribution >= 4 is 17.3 Å². The minimum absolute atomic E-state index is 0.241. The van der Waals surface area contributed by atoms with Gasteiger partial charge >= 0.3 is 0 Å². The second kappa shape index (κ2) is 5.92. The van der Waals surface area contributed by atoms with Crippen LogP contribution in [0.25, 0.3) is 0 Å². The Kier molecular flexibility index (Phi) is 4.05. The molecule has 0 spiro atoms. The molecule has 20 heavy (non-hydrogen) atoms. The highest BCUT2D eigenvalue weighted by atomic mass is 16.5. The standard InChI is InChI=1S/C14H16N4O2/c1-2-17-14(19)13-8-10(5-6-18-13)20-9-3-4-11(15)12(16)7-9/h3-8H,2,15-16H2,1H3,(H,17,19). The zero-order valence-electron chi connectivity index (χ0n) is 11.1. The average Bonchev–Trinajstić information content (AvgIpc) is 2.43. The van der Waals surface area contributed by atoms with Gasteiger partial charge in [-0.1, -0.05) is 0 Å². The Labute approximate surface area is 116 Å². The van der Waals surface area contributed by atoms with E-state index in [-0.39, 0.29) is 5.91 Å². The van der Waals surface area contributed by atoms with Crippen molar-refractivity contribution in [2.45, 2.75) is 6.92 Å². The van der Waals surface area contributed by atoms with Crippen LogP contribution in [-0.2, 0) is 0 Å². The van der Waals surface area contributed by atoms with Crippen molar-refractivity contribution < 1.29 is 9.53 Å². The number of aromatic nitrogens is 1. The van der Waals surface area contributed by atoms with Gasteiger partial charge in [0.2, 0.25) is 0 Å². The first-order chi connectivity index (χ1) is 9.60. The van der Waals surface area contributed by atoms with E-state index in [1.807, 2.05) is 6.92 Å². The van der Waals surface area contributed by atoms with Gasteiger partial charge in [-0.2, -0.15) is 0 Å². The Bertz CT molecular complexity index is 628.